The maximum atomic E-state index is 12.2. The highest BCUT2D eigenvalue weighted by Crippen LogP contribution is 2.30. The Morgan fingerprint density at radius 2 is 2.25 bits per heavy atom. The number of ether oxygens (including phenoxy) is 1. The first-order chi connectivity index (χ1) is 11.7. The highest BCUT2D eigenvalue weighted by Gasteiger charge is 2.23. The van der Waals surface area contributed by atoms with E-state index in [2.05, 4.69) is 15.5 Å². The zero-order valence-corrected chi connectivity index (χ0v) is 14.8. The number of methoxy groups -OCH3 is 1. The van der Waals surface area contributed by atoms with Crippen molar-refractivity contribution < 1.29 is 9.53 Å². The molecule has 0 bridgehead atoms. The van der Waals surface area contributed by atoms with Crippen LogP contribution in [0.4, 0.5) is 0 Å². The van der Waals surface area contributed by atoms with E-state index in [1.165, 1.54) is 11.8 Å². The van der Waals surface area contributed by atoms with Gasteiger partial charge in [-0.1, -0.05) is 23.9 Å². The van der Waals surface area contributed by atoms with Crippen molar-refractivity contribution >= 4 is 17.5 Å². The maximum absolute atomic E-state index is 12.2. The number of nitrogens with zero attached hydrogens (tertiary/aromatic N) is 3. The van der Waals surface area contributed by atoms with Crippen LogP contribution in [0.25, 0.3) is 11.4 Å². The van der Waals surface area contributed by atoms with Crippen molar-refractivity contribution in [3.8, 4) is 17.1 Å². The van der Waals surface area contributed by atoms with Crippen molar-refractivity contribution in [2.75, 3.05) is 19.4 Å². The van der Waals surface area contributed by atoms with Gasteiger partial charge >= 0.3 is 0 Å². The molecule has 1 atom stereocenters. The highest BCUT2D eigenvalue weighted by molar-refractivity contribution is 7.99. The van der Waals surface area contributed by atoms with Gasteiger partial charge in [-0.05, 0) is 38.4 Å². The Bertz CT molecular complexity index is 710. The van der Waals surface area contributed by atoms with Crippen molar-refractivity contribution in [3.63, 3.8) is 0 Å². The Morgan fingerprint density at radius 3 is 2.96 bits per heavy atom. The zero-order valence-electron chi connectivity index (χ0n) is 14.0. The summed E-state index contributed by atoms with van der Waals surface area (Å²) in [5.74, 6) is 2.19. The number of hydrogen-bond acceptors (Lipinski definition) is 6. The molecule has 0 aliphatic carbocycles. The summed E-state index contributed by atoms with van der Waals surface area (Å²) in [4.78, 5) is 12.2. The van der Waals surface area contributed by atoms with Crippen LogP contribution in [-0.2, 0) is 11.3 Å². The number of aromatic nitrogens is 3. The molecule has 1 aliphatic heterocycles. The Hall–Kier alpha value is -1.86. The number of rotatable bonds is 7. The van der Waals surface area contributed by atoms with Gasteiger partial charge < -0.3 is 14.6 Å². The Morgan fingerprint density at radius 1 is 1.42 bits per heavy atom. The molecule has 128 valence electrons. The quantitative estimate of drug-likeness (QED) is 0.777. The number of thioether (sulfide) groups is 1. The van der Waals surface area contributed by atoms with Crippen LogP contribution in [0, 0.1) is 0 Å². The lowest BCUT2D eigenvalue weighted by molar-refractivity contribution is -0.118. The Kier molecular flexibility index (Phi) is 5.52. The van der Waals surface area contributed by atoms with Gasteiger partial charge in [-0.2, -0.15) is 0 Å². The number of nitrogens with one attached hydrogen (secondary N) is 1. The van der Waals surface area contributed by atoms with Gasteiger partial charge in [0.05, 0.1) is 24.5 Å². The summed E-state index contributed by atoms with van der Waals surface area (Å²) in [6.45, 7) is 3.72. The number of carbonyl (C=O) groups is 1. The molecule has 1 unspecified atom stereocenters. The average Bonchev–Trinajstić information content (AvgIpc) is 3.29. The Labute approximate surface area is 146 Å². The number of para-hydroxylation sites is 1. The Balaban J connectivity index is 1.78. The smallest absolute Gasteiger partial charge is 0.191 e. The molecule has 2 aromatic rings. The summed E-state index contributed by atoms with van der Waals surface area (Å²) in [6, 6.07) is 7.76. The van der Waals surface area contributed by atoms with E-state index in [0.29, 0.717) is 5.75 Å². The van der Waals surface area contributed by atoms with Gasteiger partial charge in [0.15, 0.2) is 16.8 Å². The van der Waals surface area contributed by atoms with E-state index < -0.39 is 0 Å². The number of benzene rings is 1. The first-order valence-corrected chi connectivity index (χ1v) is 9.18. The average molecular weight is 346 g/mol. The van der Waals surface area contributed by atoms with Gasteiger partial charge in [0.2, 0.25) is 0 Å². The number of carbonyl (C=O) groups excluding carboxylic acids is 1. The number of ketones is 1. The van der Waals surface area contributed by atoms with Gasteiger partial charge in [0.1, 0.15) is 5.75 Å². The third kappa shape index (κ3) is 3.47. The van der Waals surface area contributed by atoms with Crippen LogP contribution in [0.2, 0.25) is 0 Å². The predicted molar refractivity (Wildman–Crippen MR) is 94.4 cm³/mol. The van der Waals surface area contributed by atoms with E-state index in [-0.39, 0.29) is 11.8 Å². The van der Waals surface area contributed by atoms with E-state index in [1.54, 1.807) is 7.11 Å². The summed E-state index contributed by atoms with van der Waals surface area (Å²) in [5, 5.41) is 12.6. The molecule has 3 rings (SSSR count). The van der Waals surface area contributed by atoms with Crippen LogP contribution >= 0.6 is 11.8 Å². The third-order valence-corrected chi connectivity index (χ3v) is 5.16. The third-order valence-electron chi connectivity index (χ3n) is 4.17. The molecule has 6 nitrogen and oxygen atoms in total. The molecular weight excluding hydrogens is 324 g/mol. The van der Waals surface area contributed by atoms with E-state index >= 15 is 0 Å². The van der Waals surface area contributed by atoms with Crippen molar-refractivity contribution in [1.29, 1.82) is 0 Å². The lowest BCUT2D eigenvalue weighted by Gasteiger charge is -2.11. The molecule has 0 amide bonds. The van der Waals surface area contributed by atoms with E-state index in [1.807, 2.05) is 35.8 Å². The second kappa shape index (κ2) is 7.81. The molecule has 1 N–H and O–H groups in total. The topological polar surface area (TPSA) is 69.0 Å². The summed E-state index contributed by atoms with van der Waals surface area (Å²) in [6.07, 6.45) is 2.01. The van der Waals surface area contributed by atoms with E-state index in [0.717, 1.165) is 48.2 Å². The van der Waals surface area contributed by atoms with Crippen LogP contribution in [0.1, 0.15) is 19.8 Å². The van der Waals surface area contributed by atoms with E-state index in [9.17, 15) is 4.79 Å². The second-order valence-electron chi connectivity index (χ2n) is 5.65. The monoisotopic (exact) mass is 346 g/mol. The fraction of sp³-hybridized carbons (Fsp3) is 0.471. The molecule has 1 fully saturated rings. The molecular formula is C17H22N4O2S. The summed E-state index contributed by atoms with van der Waals surface area (Å²) < 4.78 is 7.45. The zero-order chi connectivity index (χ0) is 16.9. The fourth-order valence-corrected chi connectivity index (χ4v) is 3.85. The summed E-state index contributed by atoms with van der Waals surface area (Å²) >= 11 is 1.45. The minimum atomic E-state index is 0.00388. The molecule has 0 radical (unpaired) electrons. The van der Waals surface area contributed by atoms with Crippen LogP contribution in [0.15, 0.2) is 29.4 Å². The van der Waals surface area contributed by atoms with Gasteiger partial charge in [-0.3, -0.25) is 4.79 Å². The van der Waals surface area contributed by atoms with Crippen LogP contribution in [0.3, 0.4) is 0 Å². The first kappa shape index (κ1) is 17.0. The lowest BCUT2D eigenvalue weighted by atomic mass is 10.2. The molecule has 0 saturated carbocycles. The fourth-order valence-electron chi connectivity index (χ4n) is 2.90. The van der Waals surface area contributed by atoms with Gasteiger partial charge in [0.25, 0.3) is 0 Å². The summed E-state index contributed by atoms with van der Waals surface area (Å²) in [7, 11) is 1.65. The molecule has 1 saturated heterocycles. The van der Waals surface area contributed by atoms with Gasteiger partial charge in [-0.15, -0.1) is 10.2 Å². The molecule has 2 heterocycles. The largest absolute Gasteiger partial charge is 0.496 e. The van der Waals surface area contributed by atoms with Crippen molar-refractivity contribution in [2.45, 2.75) is 37.5 Å². The highest BCUT2D eigenvalue weighted by atomic mass is 32.2. The van der Waals surface area contributed by atoms with Gasteiger partial charge in [0, 0.05) is 6.54 Å². The SMILES string of the molecule is CCn1c(SCC(=O)C2CCCN2)nnc1-c1ccccc1OC. The normalized spacial score (nSPS) is 17.2. The second-order valence-corrected chi connectivity index (χ2v) is 6.60. The van der Waals surface area contributed by atoms with Crippen LogP contribution < -0.4 is 10.1 Å². The van der Waals surface area contributed by atoms with Crippen molar-refractivity contribution in [1.82, 2.24) is 20.1 Å². The lowest BCUT2D eigenvalue weighted by Crippen LogP contribution is -2.32. The van der Waals surface area contributed by atoms with Crippen LogP contribution in [0.5, 0.6) is 5.75 Å². The summed E-state index contributed by atoms with van der Waals surface area (Å²) in [5.41, 5.74) is 0.907. The first-order valence-electron chi connectivity index (χ1n) is 8.20. The van der Waals surface area contributed by atoms with Crippen LogP contribution in [-0.4, -0.2) is 46.0 Å². The van der Waals surface area contributed by atoms with E-state index in [4.69, 9.17) is 4.74 Å². The molecule has 1 aliphatic rings. The molecule has 1 aromatic heterocycles. The minimum absolute atomic E-state index is 0.00388. The molecule has 24 heavy (non-hydrogen) atoms. The molecule has 7 heteroatoms. The van der Waals surface area contributed by atoms with Crippen molar-refractivity contribution in [2.24, 2.45) is 0 Å². The van der Waals surface area contributed by atoms with Gasteiger partial charge in [-0.25, -0.2) is 0 Å². The minimum Gasteiger partial charge on any atom is -0.496 e. The standard InChI is InChI=1S/C17H22N4O2S/c1-3-21-16(12-7-4-5-9-15(12)23-2)19-20-17(21)24-11-14(22)13-8-6-10-18-13/h4-5,7,9,13,18H,3,6,8,10-11H2,1-2H3. The number of Topliss-reactive ketones (excluding diaryl/α,β-unsaturated/α-hetero) is 1. The number of hydrogen-bond donors (Lipinski definition) is 1. The predicted octanol–water partition coefficient (Wildman–Crippen LogP) is 2.39. The maximum Gasteiger partial charge on any atom is 0.191 e. The van der Waals surface area contributed by atoms with Crippen molar-refractivity contribution in [3.05, 3.63) is 24.3 Å². The molecule has 1 aromatic carbocycles. The molecule has 0 spiro atoms.